The Hall–Kier alpha value is -0.320. The highest BCUT2D eigenvalue weighted by Crippen LogP contribution is 2.00. The van der Waals surface area contributed by atoms with Crippen molar-refractivity contribution in [2.45, 2.75) is 12.6 Å². The highest BCUT2D eigenvalue weighted by Gasteiger charge is 1.98. The maximum atomic E-state index is 5.59. The van der Waals surface area contributed by atoms with Crippen LogP contribution in [0, 0.1) is 0 Å². The van der Waals surface area contributed by atoms with Crippen molar-refractivity contribution in [3.05, 3.63) is 35.9 Å². The molecule has 5 heteroatoms. The van der Waals surface area contributed by atoms with E-state index in [1.165, 1.54) is 0 Å². The molecule has 0 spiro atoms. The molecule has 15 heavy (non-hydrogen) atoms. The van der Waals surface area contributed by atoms with Gasteiger partial charge in [0.2, 0.25) is 0 Å². The summed E-state index contributed by atoms with van der Waals surface area (Å²) in [6.07, 6.45) is 0. The first-order valence-electron chi connectivity index (χ1n) is 4.40. The second-order valence-electron chi connectivity index (χ2n) is 3.00. The van der Waals surface area contributed by atoms with Gasteiger partial charge in [0.05, 0.1) is 13.2 Å². The van der Waals surface area contributed by atoms with Gasteiger partial charge in [0, 0.05) is 12.6 Å². The molecule has 1 atom stereocenters. The smallest absolute Gasteiger partial charge is 0.0717 e. The van der Waals surface area contributed by atoms with Gasteiger partial charge in [0.15, 0.2) is 0 Å². The Labute approximate surface area is 103 Å². The molecule has 0 heterocycles. The van der Waals surface area contributed by atoms with Crippen LogP contribution >= 0.6 is 24.8 Å². The van der Waals surface area contributed by atoms with Gasteiger partial charge in [0.1, 0.15) is 0 Å². The molecule has 88 valence electrons. The number of nitrogens with two attached hydrogens (primary N) is 2. The Morgan fingerprint density at radius 3 is 2.27 bits per heavy atom. The predicted molar refractivity (Wildman–Crippen MR) is 67.6 cm³/mol. The number of hydrogen-bond acceptors (Lipinski definition) is 3. The maximum absolute atomic E-state index is 5.59. The number of ether oxygens (including phenoxy) is 1. The largest absolute Gasteiger partial charge is 0.375 e. The first-order chi connectivity index (χ1) is 6.33. The molecule has 0 fully saturated rings. The summed E-state index contributed by atoms with van der Waals surface area (Å²) in [5, 5.41) is 0. The van der Waals surface area contributed by atoms with Crippen molar-refractivity contribution in [3.63, 3.8) is 0 Å². The average molecular weight is 253 g/mol. The van der Waals surface area contributed by atoms with E-state index in [0.717, 1.165) is 5.56 Å². The molecular formula is C10H18Cl2N2O. The van der Waals surface area contributed by atoms with Gasteiger partial charge in [-0.3, -0.25) is 0 Å². The Bertz CT molecular complexity index is 234. The molecule has 0 amide bonds. The highest BCUT2D eigenvalue weighted by atomic mass is 35.5. The monoisotopic (exact) mass is 252 g/mol. The number of rotatable bonds is 5. The zero-order valence-electron chi connectivity index (χ0n) is 8.46. The van der Waals surface area contributed by atoms with Crippen LogP contribution in [0.2, 0.25) is 0 Å². The standard InChI is InChI=1S/C10H16N2O.2ClH/c11-6-10(12)8-13-7-9-4-2-1-3-5-9;;/h1-5,10H,6-8,11-12H2;2*1H. The topological polar surface area (TPSA) is 61.3 Å². The zero-order valence-corrected chi connectivity index (χ0v) is 10.1. The highest BCUT2D eigenvalue weighted by molar-refractivity contribution is 5.85. The molecule has 3 nitrogen and oxygen atoms in total. The maximum Gasteiger partial charge on any atom is 0.0717 e. The van der Waals surface area contributed by atoms with E-state index in [0.29, 0.717) is 19.8 Å². The van der Waals surface area contributed by atoms with E-state index in [-0.39, 0.29) is 30.9 Å². The van der Waals surface area contributed by atoms with Crippen LogP contribution in [0.4, 0.5) is 0 Å². The Morgan fingerprint density at radius 1 is 1.13 bits per heavy atom. The van der Waals surface area contributed by atoms with Crippen molar-refractivity contribution >= 4 is 24.8 Å². The molecule has 1 unspecified atom stereocenters. The molecule has 0 aliphatic rings. The van der Waals surface area contributed by atoms with Gasteiger partial charge in [-0.05, 0) is 5.56 Å². The van der Waals surface area contributed by atoms with Crippen molar-refractivity contribution in [1.82, 2.24) is 0 Å². The van der Waals surface area contributed by atoms with E-state index in [1.54, 1.807) is 0 Å². The fourth-order valence-corrected chi connectivity index (χ4v) is 0.970. The lowest BCUT2D eigenvalue weighted by atomic mass is 10.2. The van der Waals surface area contributed by atoms with Crippen LogP contribution in [0.5, 0.6) is 0 Å². The van der Waals surface area contributed by atoms with E-state index >= 15 is 0 Å². The zero-order chi connectivity index (χ0) is 9.52. The summed E-state index contributed by atoms with van der Waals surface area (Å²) in [6.45, 7) is 1.59. The third kappa shape index (κ3) is 7.59. The van der Waals surface area contributed by atoms with Gasteiger partial charge in [-0.2, -0.15) is 0 Å². The summed E-state index contributed by atoms with van der Waals surface area (Å²) < 4.78 is 5.37. The van der Waals surface area contributed by atoms with Crippen LogP contribution in [0.25, 0.3) is 0 Å². The molecule has 0 radical (unpaired) electrons. The summed E-state index contributed by atoms with van der Waals surface area (Å²) in [4.78, 5) is 0. The average Bonchev–Trinajstić information content (AvgIpc) is 2.19. The SMILES string of the molecule is Cl.Cl.NCC(N)COCc1ccccc1. The van der Waals surface area contributed by atoms with Crippen LogP contribution in [0.3, 0.4) is 0 Å². The van der Waals surface area contributed by atoms with Gasteiger partial charge in [-0.15, -0.1) is 24.8 Å². The van der Waals surface area contributed by atoms with Crippen LogP contribution in [0.1, 0.15) is 5.56 Å². The lowest BCUT2D eigenvalue weighted by Gasteiger charge is -2.09. The molecule has 0 saturated carbocycles. The second kappa shape index (κ2) is 10.2. The lowest BCUT2D eigenvalue weighted by molar-refractivity contribution is 0.109. The molecule has 1 aromatic carbocycles. The number of halogens is 2. The van der Waals surface area contributed by atoms with Crippen molar-refractivity contribution in [2.75, 3.05) is 13.2 Å². The second-order valence-corrected chi connectivity index (χ2v) is 3.00. The van der Waals surface area contributed by atoms with Gasteiger partial charge in [-0.25, -0.2) is 0 Å². The van der Waals surface area contributed by atoms with Crippen molar-refractivity contribution < 1.29 is 4.74 Å². The summed E-state index contributed by atoms with van der Waals surface area (Å²) in [7, 11) is 0. The van der Waals surface area contributed by atoms with Crippen LogP contribution < -0.4 is 11.5 Å². The first-order valence-corrected chi connectivity index (χ1v) is 4.40. The quantitative estimate of drug-likeness (QED) is 0.832. The van der Waals surface area contributed by atoms with Crippen molar-refractivity contribution in [3.8, 4) is 0 Å². The van der Waals surface area contributed by atoms with Gasteiger partial charge >= 0.3 is 0 Å². The van der Waals surface area contributed by atoms with E-state index in [1.807, 2.05) is 30.3 Å². The number of benzene rings is 1. The van der Waals surface area contributed by atoms with Crippen LogP contribution in [-0.2, 0) is 11.3 Å². The minimum Gasteiger partial charge on any atom is -0.375 e. The first kappa shape index (κ1) is 17.1. The minimum atomic E-state index is -0.0521. The Kier molecular flexibility index (Phi) is 11.6. The van der Waals surface area contributed by atoms with E-state index in [4.69, 9.17) is 16.2 Å². The van der Waals surface area contributed by atoms with Gasteiger partial charge in [0.25, 0.3) is 0 Å². The van der Waals surface area contributed by atoms with Gasteiger partial charge in [-0.1, -0.05) is 30.3 Å². The predicted octanol–water partition coefficient (Wildman–Crippen LogP) is 1.33. The summed E-state index contributed by atoms with van der Waals surface area (Å²) in [5.41, 5.74) is 12.1. The van der Waals surface area contributed by atoms with Crippen LogP contribution in [-0.4, -0.2) is 19.2 Å². The molecule has 0 aromatic heterocycles. The molecule has 4 N–H and O–H groups in total. The normalized spacial score (nSPS) is 11.1. The van der Waals surface area contributed by atoms with Crippen LogP contribution in [0.15, 0.2) is 30.3 Å². The lowest BCUT2D eigenvalue weighted by Crippen LogP contribution is -2.34. The Balaban J connectivity index is 0. The minimum absolute atomic E-state index is 0. The summed E-state index contributed by atoms with van der Waals surface area (Å²) >= 11 is 0. The fraction of sp³-hybridized carbons (Fsp3) is 0.400. The third-order valence-electron chi connectivity index (χ3n) is 1.75. The van der Waals surface area contributed by atoms with Crippen molar-refractivity contribution in [2.24, 2.45) is 11.5 Å². The van der Waals surface area contributed by atoms with E-state index < -0.39 is 0 Å². The molecule has 0 bridgehead atoms. The van der Waals surface area contributed by atoms with Gasteiger partial charge < -0.3 is 16.2 Å². The molecule has 0 aliphatic heterocycles. The van der Waals surface area contributed by atoms with E-state index in [2.05, 4.69) is 0 Å². The molecular weight excluding hydrogens is 235 g/mol. The third-order valence-corrected chi connectivity index (χ3v) is 1.75. The fourth-order valence-electron chi connectivity index (χ4n) is 0.970. The van der Waals surface area contributed by atoms with Crippen molar-refractivity contribution in [1.29, 1.82) is 0 Å². The van der Waals surface area contributed by atoms with E-state index in [9.17, 15) is 0 Å². The summed E-state index contributed by atoms with van der Waals surface area (Å²) in [5.74, 6) is 0. The molecule has 1 rings (SSSR count). The molecule has 1 aromatic rings. The molecule has 0 aliphatic carbocycles. The Morgan fingerprint density at radius 2 is 1.73 bits per heavy atom. The number of hydrogen-bond donors (Lipinski definition) is 2. The molecule has 0 saturated heterocycles. The summed E-state index contributed by atoms with van der Waals surface area (Å²) in [6, 6.07) is 9.95.